The number of hydrogen-bond donors (Lipinski definition) is 1. The maximum atomic E-state index is 6.29. The Balaban J connectivity index is 2.30. The summed E-state index contributed by atoms with van der Waals surface area (Å²) in [5.41, 5.74) is 11.1. The lowest BCUT2D eigenvalue weighted by molar-refractivity contribution is 0.170. The average Bonchev–Trinajstić information content (AvgIpc) is 2.47. The molecule has 0 aromatic heterocycles. The summed E-state index contributed by atoms with van der Waals surface area (Å²) in [5.74, 6) is 0.912. The van der Waals surface area contributed by atoms with Crippen molar-refractivity contribution in [3.63, 3.8) is 0 Å². The highest BCUT2D eigenvalue weighted by molar-refractivity contribution is 5.36. The van der Waals surface area contributed by atoms with Gasteiger partial charge in [0.1, 0.15) is 11.9 Å². The molecule has 0 saturated carbocycles. The molecular weight excluding hydrogens is 258 g/mol. The minimum Gasteiger partial charge on any atom is -0.484 e. The third-order valence-electron chi connectivity index (χ3n) is 3.85. The molecule has 2 unspecified atom stereocenters. The second kappa shape index (κ2) is 6.77. The lowest BCUT2D eigenvalue weighted by Crippen LogP contribution is -2.31. The van der Waals surface area contributed by atoms with Crippen molar-refractivity contribution in [3.8, 4) is 5.75 Å². The van der Waals surface area contributed by atoms with Crippen molar-refractivity contribution in [3.05, 3.63) is 64.7 Å². The smallest absolute Gasteiger partial charge is 0.139 e. The van der Waals surface area contributed by atoms with Crippen molar-refractivity contribution in [2.24, 2.45) is 5.73 Å². The fraction of sp³-hybridized carbons (Fsp3) is 0.368. The lowest BCUT2D eigenvalue weighted by Gasteiger charge is -2.26. The summed E-state index contributed by atoms with van der Waals surface area (Å²) in [4.78, 5) is 0. The van der Waals surface area contributed by atoms with Gasteiger partial charge in [0.2, 0.25) is 0 Å². The maximum absolute atomic E-state index is 6.29. The van der Waals surface area contributed by atoms with Crippen molar-refractivity contribution < 1.29 is 4.74 Å². The van der Waals surface area contributed by atoms with Crippen molar-refractivity contribution in [1.29, 1.82) is 0 Å². The van der Waals surface area contributed by atoms with E-state index in [4.69, 9.17) is 10.5 Å². The Hall–Kier alpha value is -1.80. The van der Waals surface area contributed by atoms with Crippen LogP contribution in [0.5, 0.6) is 5.75 Å². The van der Waals surface area contributed by atoms with Crippen LogP contribution in [-0.4, -0.2) is 6.04 Å². The molecule has 2 heteroatoms. The fourth-order valence-corrected chi connectivity index (χ4v) is 2.44. The average molecular weight is 283 g/mol. The molecular formula is C19H25NO. The van der Waals surface area contributed by atoms with E-state index in [2.05, 4.69) is 64.1 Å². The van der Waals surface area contributed by atoms with Gasteiger partial charge >= 0.3 is 0 Å². The minimum atomic E-state index is -0.114. The van der Waals surface area contributed by atoms with E-state index >= 15 is 0 Å². The van der Waals surface area contributed by atoms with Crippen LogP contribution in [0.3, 0.4) is 0 Å². The van der Waals surface area contributed by atoms with Crippen LogP contribution in [-0.2, 0) is 0 Å². The van der Waals surface area contributed by atoms with Gasteiger partial charge in [0.15, 0.2) is 0 Å². The first kappa shape index (κ1) is 15.6. The highest BCUT2D eigenvalue weighted by Gasteiger charge is 2.21. The van der Waals surface area contributed by atoms with Gasteiger partial charge in [0.05, 0.1) is 0 Å². The Kier molecular flexibility index (Phi) is 5.03. The predicted octanol–water partition coefficient (Wildman–Crippen LogP) is 4.47. The van der Waals surface area contributed by atoms with E-state index in [0.717, 1.165) is 23.3 Å². The van der Waals surface area contributed by atoms with Gasteiger partial charge in [-0.05, 0) is 44.4 Å². The SMILES string of the molecule is CCC(N)C(Oc1ccc(C)cc1C)c1ccc(C)cc1. The number of ether oxygens (including phenoxy) is 1. The summed E-state index contributed by atoms with van der Waals surface area (Å²) >= 11 is 0. The molecule has 0 fully saturated rings. The molecule has 0 aliphatic carbocycles. The summed E-state index contributed by atoms with van der Waals surface area (Å²) in [6.45, 7) is 8.35. The molecule has 0 amide bonds. The molecule has 2 nitrogen and oxygen atoms in total. The Morgan fingerprint density at radius 3 is 2.14 bits per heavy atom. The second-order valence-electron chi connectivity index (χ2n) is 5.79. The van der Waals surface area contributed by atoms with Gasteiger partial charge in [-0.15, -0.1) is 0 Å². The Bertz CT molecular complexity index is 589. The molecule has 0 heterocycles. The van der Waals surface area contributed by atoms with E-state index < -0.39 is 0 Å². The van der Waals surface area contributed by atoms with Gasteiger partial charge < -0.3 is 10.5 Å². The van der Waals surface area contributed by atoms with Crippen LogP contribution < -0.4 is 10.5 Å². The molecule has 2 aromatic rings. The highest BCUT2D eigenvalue weighted by atomic mass is 16.5. The quantitative estimate of drug-likeness (QED) is 0.878. The van der Waals surface area contributed by atoms with Gasteiger partial charge in [-0.25, -0.2) is 0 Å². The number of benzene rings is 2. The van der Waals surface area contributed by atoms with Crippen LogP contribution in [0.25, 0.3) is 0 Å². The topological polar surface area (TPSA) is 35.2 Å². The highest BCUT2D eigenvalue weighted by Crippen LogP contribution is 2.28. The van der Waals surface area contributed by atoms with Gasteiger partial charge in [0.25, 0.3) is 0 Å². The first-order valence-corrected chi connectivity index (χ1v) is 7.57. The Labute approximate surface area is 127 Å². The zero-order chi connectivity index (χ0) is 15.4. The van der Waals surface area contributed by atoms with Gasteiger partial charge in [-0.2, -0.15) is 0 Å². The van der Waals surface area contributed by atoms with Gasteiger partial charge in [0, 0.05) is 6.04 Å². The van der Waals surface area contributed by atoms with Crippen LogP contribution in [0.15, 0.2) is 42.5 Å². The normalized spacial score (nSPS) is 13.8. The third-order valence-corrected chi connectivity index (χ3v) is 3.85. The zero-order valence-electron chi connectivity index (χ0n) is 13.4. The van der Waals surface area contributed by atoms with E-state index in [0.29, 0.717) is 0 Å². The molecule has 0 bridgehead atoms. The summed E-state index contributed by atoms with van der Waals surface area (Å²) in [6, 6.07) is 14.7. The summed E-state index contributed by atoms with van der Waals surface area (Å²) in [5, 5.41) is 0. The minimum absolute atomic E-state index is 0.0200. The van der Waals surface area contributed by atoms with Crippen LogP contribution in [0.1, 0.15) is 41.7 Å². The molecule has 2 atom stereocenters. The Morgan fingerprint density at radius 2 is 1.57 bits per heavy atom. The molecule has 0 radical (unpaired) electrons. The molecule has 21 heavy (non-hydrogen) atoms. The Morgan fingerprint density at radius 1 is 0.952 bits per heavy atom. The molecule has 0 aliphatic rings. The first-order valence-electron chi connectivity index (χ1n) is 7.57. The van der Waals surface area contributed by atoms with Crippen LogP contribution in [0.4, 0.5) is 0 Å². The standard InChI is InChI=1S/C19H25NO/c1-5-17(20)19(16-9-6-13(2)7-10-16)21-18-11-8-14(3)12-15(18)4/h6-12,17,19H,5,20H2,1-4H3. The molecule has 2 N–H and O–H groups in total. The summed E-state index contributed by atoms with van der Waals surface area (Å²) in [6.07, 6.45) is 0.765. The van der Waals surface area contributed by atoms with E-state index in [1.54, 1.807) is 0 Å². The van der Waals surface area contributed by atoms with Crippen LogP contribution >= 0.6 is 0 Å². The summed E-state index contributed by atoms with van der Waals surface area (Å²) in [7, 11) is 0. The van der Waals surface area contributed by atoms with Gasteiger partial charge in [-0.3, -0.25) is 0 Å². The van der Waals surface area contributed by atoms with Crippen molar-refractivity contribution >= 4 is 0 Å². The number of hydrogen-bond acceptors (Lipinski definition) is 2. The summed E-state index contributed by atoms with van der Waals surface area (Å²) < 4.78 is 6.25. The number of aryl methyl sites for hydroxylation is 3. The van der Waals surface area contributed by atoms with Crippen LogP contribution in [0.2, 0.25) is 0 Å². The monoisotopic (exact) mass is 283 g/mol. The maximum Gasteiger partial charge on any atom is 0.139 e. The lowest BCUT2D eigenvalue weighted by atomic mass is 9.99. The largest absolute Gasteiger partial charge is 0.484 e. The fourth-order valence-electron chi connectivity index (χ4n) is 2.44. The first-order chi connectivity index (χ1) is 10.0. The molecule has 2 rings (SSSR count). The molecule has 112 valence electrons. The number of nitrogens with two attached hydrogens (primary N) is 1. The van der Waals surface area contributed by atoms with E-state index in [-0.39, 0.29) is 12.1 Å². The molecule has 2 aromatic carbocycles. The zero-order valence-corrected chi connectivity index (χ0v) is 13.4. The van der Waals surface area contributed by atoms with Crippen LogP contribution in [0, 0.1) is 20.8 Å². The van der Waals surface area contributed by atoms with E-state index in [9.17, 15) is 0 Å². The van der Waals surface area contributed by atoms with Gasteiger partial charge in [-0.1, -0.05) is 54.4 Å². The van der Waals surface area contributed by atoms with Crippen molar-refractivity contribution in [2.45, 2.75) is 46.3 Å². The van der Waals surface area contributed by atoms with Crippen molar-refractivity contribution in [1.82, 2.24) is 0 Å². The number of rotatable bonds is 5. The predicted molar refractivity (Wildman–Crippen MR) is 88.7 cm³/mol. The third kappa shape index (κ3) is 3.85. The molecule has 0 spiro atoms. The van der Waals surface area contributed by atoms with Crippen molar-refractivity contribution in [2.75, 3.05) is 0 Å². The van der Waals surface area contributed by atoms with E-state index in [1.807, 2.05) is 6.07 Å². The second-order valence-corrected chi connectivity index (χ2v) is 5.79. The molecule has 0 aliphatic heterocycles. The molecule has 0 saturated heterocycles. The van der Waals surface area contributed by atoms with E-state index in [1.165, 1.54) is 11.1 Å².